The number of hydrogen-bond donors (Lipinski definition) is 4. The van der Waals surface area contributed by atoms with Gasteiger partial charge in [0.2, 0.25) is 5.75 Å². The first-order valence-electron chi connectivity index (χ1n) is 5.55. The standard InChI is InChI=1S/C12H10FN3O3S/c13-7-3-1-2-6(4-7)5-14-10(18)8-9(17)11(19)16-12(20)15-8/h1-4,17H,5H2,(H,14,18)(H2,15,16,19,20). The minimum Gasteiger partial charge on any atom is -0.501 e. The lowest BCUT2D eigenvalue weighted by atomic mass is 10.2. The number of rotatable bonds is 3. The number of halogens is 1. The summed E-state index contributed by atoms with van der Waals surface area (Å²) in [7, 11) is 0. The summed E-state index contributed by atoms with van der Waals surface area (Å²) >= 11 is 4.71. The first-order chi connectivity index (χ1) is 9.47. The highest BCUT2D eigenvalue weighted by atomic mass is 32.1. The topological polar surface area (TPSA) is 98.0 Å². The predicted molar refractivity (Wildman–Crippen MR) is 71.5 cm³/mol. The zero-order valence-electron chi connectivity index (χ0n) is 10.1. The Balaban J connectivity index is 2.17. The molecule has 2 rings (SSSR count). The average Bonchev–Trinajstić information content (AvgIpc) is 2.40. The van der Waals surface area contributed by atoms with Gasteiger partial charge in [0.25, 0.3) is 11.5 Å². The number of aromatic hydroxyl groups is 1. The molecule has 1 amide bonds. The fraction of sp³-hybridized carbons (Fsp3) is 0.0833. The van der Waals surface area contributed by atoms with E-state index in [0.29, 0.717) is 5.56 Å². The van der Waals surface area contributed by atoms with Crippen molar-refractivity contribution in [1.29, 1.82) is 0 Å². The highest BCUT2D eigenvalue weighted by Crippen LogP contribution is 2.07. The lowest BCUT2D eigenvalue weighted by molar-refractivity contribution is 0.0942. The van der Waals surface area contributed by atoms with Crippen molar-refractivity contribution < 1.29 is 14.3 Å². The summed E-state index contributed by atoms with van der Waals surface area (Å²) in [6.45, 7) is 0.0451. The van der Waals surface area contributed by atoms with Crippen LogP contribution in [-0.4, -0.2) is 21.0 Å². The van der Waals surface area contributed by atoms with E-state index in [1.165, 1.54) is 18.2 Å². The summed E-state index contributed by atoms with van der Waals surface area (Å²) in [6, 6.07) is 5.68. The number of aromatic amines is 2. The Bertz CT molecular complexity index is 769. The van der Waals surface area contributed by atoms with Crippen molar-refractivity contribution in [3.05, 3.63) is 56.5 Å². The van der Waals surface area contributed by atoms with Crippen LogP contribution in [0.15, 0.2) is 29.1 Å². The molecule has 4 N–H and O–H groups in total. The molecule has 2 aromatic rings. The second kappa shape index (κ2) is 5.66. The molecule has 0 atom stereocenters. The van der Waals surface area contributed by atoms with E-state index in [1.54, 1.807) is 6.07 Å². The second-order valence-corrected chi connectivity index (χ2v) is 4.35. The molecule has 0 saturated heterocycles. The van der Waals surface area contributed by atoms with Crippen LogP contribution in [0, 0.1) is 10.6 Å². The van der Waals surface area contributed by atoms with Crippen molar-refractivity contribution in [3.8, 4) is 5.75 Å². The third-order valence-corrected chi connectivity index (χ3v) is 2.69. The number of hydrogen-bond acceptors (Lipinski definition) is 4. The van der Waals surface area contributed by atoms with Crippen molar-refractivity contribution in [3.63, 3.8) is 0 Å². The molecule has 0 bridgehead atoms. The Kier molecular flexibility index (Phi) is 3.94. The van der Waals surface area contributed by atoms with E-state index < -0.39 is 23.0 Å². The highest BCUT2D eigenvalue weighted by molar-refractivity contribution is 7.71. The van der Waals surface area contributed by atoms with Gasteiger partial charge in [-0.15, -0.1) is 0 Å². The summed E-state index contributed by atoms with van der Waals surface area (Å²) in [5, 5.41) is 11.9. The third-order valence-electron chi connectivity index (χ3n) is 2.49. The van der Waals surface area contributed by atoms with Crippen molar-refractivity contribution in [1.82, 2.24) is 15.3 Å². The van der Waals surface area contributed by atoms with Gasteiger partial charge in [0, 0.05) is 6.54 Å². The quantitative estimate of drug-likeness (QED) is 0.640. The van der Waals surface area contributed by atoms with E-state index in [1.807, 2.05) is 0 Å². The summed E-state index contributed by atoms with van der Waals surface area (Å²) < 4.78 is 12.9. The molecule has 0 saturated carbocycles. The maximum atomic E-state index is 13.0. The first-order valence-corrected chi connectivity index (χ1v) is 5.96. The maximum absolute atomic E-state index is 13.0. The number of carbonyl (C=O) groups is 1. The molecule has 1 heterocycles. The van der Waals surface area contributed by atoms with Gasteiger partial charge in [0.05, 0.1) is 0 Å². The average molecular weight is 295 g/mol. The van der Waals surface area contributed by atoms with Crippen molar-refractivity contribution in [2.24, 2.45) is 0 Å². The molecule has 1 aromatic carbocycles. The lowest BCUT2D eigenvalue weighted by Gasteiger charge is -2.06. The van der Waals surface area contributed by atoms with Gasteiger partial charge in [0.15, 0.2) is 10.5 Å². The number of aromatic nitrogens is 2. The van der Waals surface area contributed by atoms with Gasteiger partial charge in [-0.05, 0) is 29.9 Å². The number of H-pyrrole nitrogens is 2. The fourth-order valence-electron chi connectivity index (χ4n) is 1.56. The van der Waals surface area contributed by atoms with E-state index in [-0.39, 0.29) is 17.0 Å². The molecule has 0 fully saturated rings. The van der Waals surface area contributed by atoms with Gasteiger partial charge < -0.3 is 15.4 Å². The van der Waals surface area contributed by atoms with Gasteiger partial charge in [-0.25, -0.2) is 4.39 Å². The van der Waals surface area contributed by atoms with Crippen LogP contribution in [-0.2, 0) is 6.54 Å². The van der Waals surface area contributed by atoms with Gasteiger partial charge in [-0.1, -0.05) is 12.1 Å². The molecule has 0 aliphatic heterocycles. The van der Waals surface area contributed by atoms with Crippen molar-refractivity contribution in [2.75, 3.05) is 0 Å². The van der Waals surface area contributed by atoms with Crippen LogP contribution in [0.25, 0.3) is 0 Å². The molecule has 0 radical (unpaired) electrons. The molecule has 1 aromatic heterocycles. The molecule has 0 unspecified atom stereocenters. The second-order valence-electron chi connectivity index (χ2n) is 3.94. The van der Waals surface area contributed by atoms with E-state index in [0.717, 1.165) is 0 Å². The van der Waals surface area contributed by atoms with E-state index in [9.17, 15) is 19.1 Å². The van der Waals surface area contributed by atoms with Crippen LogP contribution in [0.5, 0.6) is 5.75 Å². The van der Waals surface area contributed by atoms with Gasteiger partial charge in [0.1, 0.15) is 5.82 Å². The molecule has 0 aliphatic carbocycles. The van der Waals surface area contributed by atoms with Crippen LogP contribution in [0.3, 0.4) is 0 Å². The van der Waals surface area contributed by atoms with Gasteiger partial charge in [-0.2, -0.15) is 0 Å². The minimum absolute atomic E-state index is 0.0451. The summed E-state index contributed by atoms with van der Waals surface area (Å²) in [5.74, 6) is -1.89. The van der Waals surface area contributed by atoms with E-state index in [2.05, 4.69) is 15.3 Å². The summed E-state index contributed by atoms with van der Waals surface area (Å²) in [6.07, 6.45) is 0. The highest BCUT2D eigenvalue weighted by Gasteiger charge is 2.14. The summed E-state index contributed by atoms with van der Waals surface area (Å²) in [5.41, 5.74) is -0.652. The molecular weight excluding hydrogens is 285 g/mol. The monoisotopic (exact) mass is 295 g/mol. The van der Waals surface area contributed by atoms with E-state index in [4.69, 9.17) is 12.2 Å². The van der Waals surface area contributed by atoms with Crippen LogP contribution in [0.1, 0.15) is 16.1 Å². The Morgan fingerprint density at radius 2 is 2.15 bits per heavy atom. The zero-order chi connectivity index (χ0) is 14.7. The molecule has 20 heavy (non-hydrogen) atoms. The normalized spacial score (nSPS) is 10.2. The van der Waals surface area contributed by atoms with E-state index >= 15 is 0 Å². The smallest absolute Gasteiger partial charge is 0.294 e. The number of nitrogens with one attached hydrogen (secondary N) is 3. The predicted octanol–water partition coefficient (Wildman–Crippen LogP) is 1.21. The largest absolute Gasteiger partial charge is 0.501 e. The van der Waals surface area contributed by atoms with Crippen LogP contribution >= 0.6 is 12.2 Å². The minimum atomic E-state index is -0.857. The van der Waals surface area contributed by atoms with Gasteiger partial charge in [-0.3, -0.25) is 14.6 Å². The van der Waals surface area contributed by atoms with Crippen molar-refractivity contribution >= 4 is 18.1 Å². The van der Waals surface area contributed by atoms with Crippen LogP contribution < -0.4 is 10.9 Å². The Labute approximate surface area is 117 Å². The Morgan fingerprint density at radius 3 is 2.85 bits per heavy atom. The van der Waals surface area contributed by atoms with Crippen LogP contribution in [0.4, 0.5) is 4.39 Å². The molecule has 8 heteroatoms. The van der Waals surface area contributed by atoms with Crippen molar-refractivity contribution in [2.45, 2.75) is 6.54 Å². The molecule has 6 nitrogen and oxygen atoms in total. The molecular formula is C12H10FN3O3S. The molecule has 0 aliphatic rings. The molecule has 0 spiro atoms. The number of amides is 1. The third kappa shape index (κ3) is 3.09. The SMILES string of the molecule is O=C(NCc1cccc(F)c1)c1[nH]c(=S)[nH]c(=O)c1O. The Hall–Kier alpha value is -2.48. The number of carbonyl (C=O) groups excluding carboxylic acids is 1. The number of benzene rings is 1. The zero-order valence-corrected chi connectivity index (χ0v) is 10.9. The van der Waals surface area contributed by atoms with Gasteiger partial charge >= 0.3 is 0 Å². The Morgan fingerprint density at radius 1 is 1.40 bits per heavy atom. The summed E-state index contributed by atoms with van der Waals surface area (Å²) in [4.78, 5) is 27.6. The first kappa shape index (κ1) is 13.9. The maximum Gasteiger partial charge on any atom is 0.294 e. The molecule has 104 valence electrons. The fourth-order valence-corrected chi connectivity index (χ4v) is 1.76. The lowest BCUT2D eigenvalue weighted by Crippen LogP contribution is -2.26. The van der Waals surface area contributed by atoms with Crippen LogP contribution in [0.2, 0.25) is 0 Å².